The predicted octanol–water partition coefficient (Wildman–Crippen LogP) is -9.79. The average molecular weight is 991 g/mol. The van der Waals surface area contributed by atoms with Crippen LogP contribution < -0.4 is 10.1 Å². The molecular formula is C38H58N2O28. The van der Waals surface area contributed by atoms with Gasteiger partial charge in [0.05, 0.1) is 38.0 Å². The van der Waals surface area contributed by atoms with Crippen molar-refractivity contribution in [2.24, 2.45) is 0 Å². The van der Waals surface area contributed by atoms with Crippen molar-refractivity contribution in [3.8, 4) is 5.75 Å². The van der Waals surface area contributed by atoms with E-state index >= 15 is 0 Å². The zero-order valence-corrected chi connectivity index (χ0v) is 35.7. The number of ether oxygens (including phenoxy) is 10. The maximum absolute atomic E-state index is 11.9. The molecule has 0 saturated carbocycles. The summed E-state index contributed by atoms with van der Waals surface area (Å²) in [5, 5.41) is 174. The summed E-state index contributed by atoms with van der Waals surface area (Å²) in [7, 11) is 0. The van der Waals surface area contributed by atoms with Crippen LogP contribution in [-0.4, -0.2) is 274 Å². The highest BCUT2D eigenvalue weighted by Gasteiger charge is 2.57. The van der Waals surface area contributed by atoms with E-state index in [-0.39, 0.29) is 11.4 Å². The number of rotatable bonds is 17. The first-order valence-electron chi connectivity index (χ1n) is 21.2. The molecule has 6 rings (SSSR count). The lowest BCUT2D eigenvalue weighted by atomic mass is 9.95. The van der Waals surface area contributed by atoms with E-state index in [1.54, 1.807) is 0 Å². The van der Waals surface area contributed by atoms with Gasteiger partial charge in [-0.1, -0.05) is 0 Å². The van der Waals surface area contributed by atoms with Crippen LogP contribution in [0.5, 0.6) is 5.75 Å². The number of aliphatic hydroxyl groups is 15. The van der Waals surface area contributed by atoms with E-state index in [1.165, 1.54) is 12.1 Å². The summed E-state index contributed by atoms with van der Waals surface area (Å²) in [4.78, 5) is 22.3. The van der Waals surface area contributed by atoms with Crippen LogP contribution in [0.4, 0.5) is 5.69 Å². The molecule has 1 aromatic carbocycles. The van der Waals surface area contributed by atoms with Crippen molar-refractivity contribution in [3.63, 3.8) is 0 Å². The molecule has 25 atom stereocenters. The fourth-order valence-electron chi connectivity index (χ4n) is 8.30. The Balaban J connectivity index is 1.10. The maximum atomic E-state index is 11.9. The van der Waals surface area contributed by atoms with E-state index < -0.39 is 197 Å². The summed E-state index contributed by atoms with van der Waals surface area (Å²) >= 11 is 0. The predicted molar refractivity (Wildman–Crippen MR) is 210 cm³/mol. The molecule has 0 aromatic heterocycles. The third-order valence-electron chi connectivity index (χ3n) is 12.0. The van der Waals surface area contributed by atoms with Crippen LogP contribution >= 0.6 is 0 Å². The first-order chi connectivity index (χ1) is 32.3. The fourth-order valence-corrected chi connectivity index (χ4v) is 8.30. The summed E-state index contributed by atoms with van der Waals surface area (Å²) < 4.78 is 56.3. The van der Waals surface area contributed by atoms with Gasteiger partial charge < -0.3 is 129 Å². The van der Waals surface area contributed by atoms with Crippen molar-refractivity contribution in [2.45, 2.75) is 160 Å². The van der Waals surface area contributed by atoms with Crippen molar-refractivity contribution < 1.29 is 134 Å². The smallest absolute Gasteiger partial charge is 0.269 e. The van der Waals surface area contributed by atoms with E-state index in [2.05, 4.69) is 5.32 Å². The average Bonchev–Trinajstić information content (AvgIpc) is 3.32. The number of nitrogens with zero attached hydrogens (tertiary/aromatic N) is 1. The second kappa shape index (κ2) is 23.4. The molecule has 388 valence electrons. The van der Waals surface area contributed by atoms with Crippen LogP contribution in [0, 0.1) is 10.1 Å². The molecule has 1 aromatic rings. The van der Waals surface area contributed by atoms with Crippen molar-refractivity contribution >= 4 is 11.6 Å². The van der Waals surface area contributed by atoms with E-state index in [9.17, 15) is 91.5 Å². The lowest BCUT2D eigenvalue weighted by Gasteiger charge is -2.49. The summed E-state index contributed by atoms with van der Waals surface area (Å²) in [6, 6.07) is 3.04. The molecule has 0 bridgehead atoms. The van der Waals surface area contributed by atoms with Gasteiger partial charge in [0.15, 0.2) is 25.2 Å². The Morgan fingerprint density at radius 2 is 0.868 bits per heavy atom. The molecule has 16 N–H and O–H groups in total. The van der Waals surface area contributed by atoms with Gasteiger partial charge >= 0.3 is 0 Å². The van der Waals surface area contributed by atoms with Crippen LogP contribution in [0.1, 0.15) is 6.92 Å². The van der Waals surface area contributed by atoms with Crippen LogP contribution in [0.15, 0.2) is 24.3 Å². The molecule has 5 saturated heterocycles. The van der Waals surface area contributed by atoms with Crippen LogP contribution in [0.25, 0.3) is 0 Å². The van der Waals surface area contributed by atoms with E-state index in [4.69, 9.17) is 47.4 Å². The third kappa shape index (κ3) is 11.5. The van der Waals surface area contributed by atoms with Crippen molar-refractivity contribution in [1.29, 1.82) is 0 Å². The van der Waals surface area contributed by atoms with Gasteiger partial charge in [0.1, 0.15) is 128 Å². The normalized spacial score (nSPS) is 45.6. The summed E-state index contributed by atoms with van der Waals surface area (Å²) in [5.41, 5.74) is -0.270. The number of carbonyl (C=O) groups is 1. The number of hydrogen-bond donors (Lipinski definition) is 16. The lowest BCUT2D eigenvalue weighted by Crippen LogP contribution is -2.69. The van der Waals surface area contributed by atoms with Crippen molar-refractivity contribution in [3.05, 3.63) is 34.4 Å². The lowest BCUT2D eigenvalue weighted by molar-refractivity contribution is -0.391. The number of amides is 1. The van der Waals surface area contributed by atoms with Gasteiger partial charge in [0.2, 0.25) is 12.2 Å². The number of hydrogen-bond acceptors (Lipinski definition) is 28. The molecule has 68 heavy (non-hydrogen) atoms. The van der Waals surface area contributed by atoms with Gasteiger partial charge in [0.25, 0.3) is 5.69 Å². The molecule has 1 unspecified atom stereocenters. The molecule has 30 nitrogen and oxygen atoms in total. The van der Waals surface area contributed by atoms with Gasteiger partial charge in [-0.3, -0.25) is 14.9 Å². The molecule has 0 radical (unpaired) electrons. The minimum Gasteiger partial charge on any atom is -0.462 e. The van der Waals surface area contributed by atoms with Gasteiger partial charge in [-0.2, -0.15) is 0 Å². The monoisotopic (exact) mass is 990 g/mol. The molecule has 0 spiro atoms. The molecule has 5 aliphatic heterocycles. The topological polar surface area (TPSA) is 468 Å². The Hall–Kier alpha value is -3.07. The Morgan fingerprint density at radius 3 is 1.29 bits per heavy atom. The summed E-state index contributed by atoms with van der Waals surface area (Å²) in [5.74, 6) is -0.752. The molecule has 0 aliphatic carbocycles. The highest BCUT2D eigenvalue weighted by molar-refractivity contribution is 5.73. The van der Waals surface area contributed by atoms with Gasteiger partial charge in [0, 0.05) is 19.1 Å². The maximum Gasteiger partial charge on any atom is 0.269 e. The summed E-state index contributed by atoms with van der Waals surface area (Å²) in [6.45, 7) is -3.63. The van der Waals surface area contributed by atoms with Gasteiger partial charge in [-0.25, -0.2) is 0 Å². The molecule has 5 aliphatic rings. The zero-order chi connectivity index (χ0) is 49.9. The number of non-ortho nitro benzene ring substituents is 1. The fraction of sp³-hybridized carbons (Fsp3) is 0.816. The second-order valence-corrected chi connectivity index (χ2v) is 16.5. The Bertz CT molecular complexity index is 1770. The number of carbonyl (C=O) groups excluding carboxylic acids is 1. The molecule has 5 heterocycles. The van der Waals surface area contributed by atoms with Crippen LogP contribution in [0.2, 0.25) is 0 Å². The standard InChI is InChI=1S/C38H58N2O28/c1-11(46)39-19-22(49)20(47)14(6-41)60-34(19)68-33-21(48)15(7-42)61-38(29(33)56)67-32-18(10-45)64-37(28(55)25(32)52)66-31-17(9-44)63-36(27(54)24(31)51)65-30-16(8-43)62-35(26(53)23(30)50)59-13-4-2-12(3-5-13)40(57)58/h2-5,14-38,41-45,47-56H,6-10H2,1H3,(H,39,46)/t14-,15-,16-,17-,18-,19-,20-,21-,22-,23-,24-,25-,26-,27-,28-,29-,30-,31-,32-,33+,34+,35?,36-,37-,38-/m1/s1. The number of nitrogens with one attached hydrogen (secondary N) is 1. The molecule has 30 heteroatoms. The minimum absolute atomic E-state index is 0.0235. The number of nitro benzene ring substituents is 1. The third-order valence-corrected chi connectivity index (χ3v) is 12.0. The zero-order valence-electron chi connectivity index (χ0n) is 35.7. The van der Waals surface area contributed by atoms with E-state index in [0.717, 1.165) is 19.1 Å². The molecule has 1 amide bonds. The second-order valence-electron chi connectivity index (χ2n) is 16.5. The van der Waals surface area contributed by atoms with Crippen LogP contribution in [-0.2, 0) is 47.4 Å². The van der Waals surface area contributed by atoms with Crippen molar-refractivity contribution in [2.75, 3.05) is 33.0 Å². The number of benzene rings is 1. The number of nitro groups is 1. The largest absolute Gasteiger partial charge is 0.462 e. The molecule has 5 fully saturated rings. The van der Waals surface area contributed by atoms with Crippen molar-refractivity contribution in [1.82, 2.24) is 5.32 Å². The van der Waals surface area contributed by atoms with Gasteiger partial charge in [-0.05, 0) is 12.1 Å². The summed E-state index contributed by atoms with van der Waals surface area (Å²) in [6.07, 6.45) is -44.5. The molecular weight excluding hydrogens is 932 g/mol. The Labute approximate surface area is 383 Å². The first kappa shape index (κ1) is 54.3. The Kier molecular flexibility index (Phi) is 18.7. The van der Waals surface area contributed by atoms with E-state index in [1.807, 2.05) is 0 Å². The highest BCUT2D eigenvalue weighted by Crippen LogP contribution is 2.36. The minimum atomic E-state index is -2.17. The van der Waals surface area contributed by atoms with Crippen LogP contribution in [0.3, 0.4) is 0 Å². The Morgan fingerprint density at radius 1 is 0.500 bits per heavy atom. The highest BCUT2D eigenvalue weighted by atomic mass is 16.8. The van der Waals surface area contributed by atoms with Gasteiger partial charge in [-0.15, -0.1) is 0 Å². The first-order valence-corrected chi connectivity index (χ1v) is 21.2. The number of aliphatic hydroxyl groups excluding tert-OH is 15. The quantitative estimate of drug-likeness (QED) is 0.0509. The SMILES string of the molecule is CC(=O)N[C@H]1[C@H](O[C@@H]2[C@@H](O)[C@@H](O[C@H]3[C@H](O)[C@@H](O)[C@@H](O[C@H]4[C@H](O)[C@@H](O)[C@@H](O[C@H]5[C@H](O)[C@@H](O)C(Oc6ccc([N+](=O)[O-])cc6)O[C@@H]5CO)O[C@@H]4CO)O[C@@H]3CO)O[C@H](CO)[C@H]2O)O[C@H](CO)[C@@H](O)[C@@H]1O. The van der Waals surface area contributed by atoms with E-state index in [0.29, 0.717) is 0 Å².